The molecule has 2 aromatic rings. The summed E-state index contributed by atoms with van der Waals surface area (Å²) in [5.74, 6) is -0.268. The summed E-state index contributed by atoms with van der Waals surface area (Å²) >= 11 is 0. The molecule has 0 radical (unpaired) electrons. The first-order chi connectivity index (χ1) is 11.1. The average Bonchev–Trinajstić information content (AvgIpc) is 2.57. The highest BCUT2D eigenvalue weighted by molar-refractivity contribution is 5.84. The Hall–Kier alpha value is -2.27. The van der Waals surface area contributed by atoms with Crippen LogP contribution in [0, 0.1) is 6.92 Å². The van der Waals surface area contributed by atoms with Crippen molar-refractivity contribution in [2.24, 2.45) is 5.73 Å². The number of anilines is 2. The minimum absolute atomic E-state index is 0. The maximum atomic E-state index is 11.9. The largest absolute Gasteiger partial charge is 1.00 e. The molecule has 128 valence electrons. The third kappa shape index (κ3) is 3.62. The van der Waals surface area contributed by atoms with E-state index in [9.17, 15) is 4.79 Å². The number of nitrogens with zero attached hydrogens (tertiary/aromatic N) is 2. The van der Waals surface area contributed by atoms with Gasteiger partial charge in [-0.15, -0.1) is 0 Å². The zero-order chi connectivity index (χ0) is 16.4. The summed E-state index contributed by atoms with van der Waals surface area (Å²) < 4.78 is 2.20. The van der Waals surface area contributed by atoms with Crippen LogP contribution in [0.5, 0.6) is 0 Å². The van der Waals surface area contributed by atoms with Crippen LogP contribution < -0.4 is 33.3 Å². The Morgan fingerprint density at radius 3 is 2.54 bits per heavy atom. The van der Waals surface area contributed by atoms with E-state index < -0.39 is 0 Å². The second-order valence-electron chi connectivity index (χ2n) is 6.17. The van der Waals surface area contributed by atoms with E-state index in [2.05, 4.69) is 21.9 Å². The number of halogens is 1. The molecule has 1 aliphatic rings. The Morgan fingerprint density at radius 1 is 1.21 bits per heavy atom. The van der Waals surface area contributed by atoms with Crippen molar-refractivity contribution in [3.05, 3.63) is 54.4 Å². The Bertz CT molecular complexity index is 707. The third-order valence-corrected chi connectivity index (χ3v) is 4.63. The van der Waals surface area contributed by atoms with E-state index in [0.717, 1.165) is 36.3 Å². The predicted molar refractivity (Wildman–Crippen MR) is 90.8 cm³/mol. The molecule has 1 aromatic carbocycles. The van der Waals surface area contributed by atoms with E-state index in [1.807, 2.05) is 43.3 Å². The highest BCUT2D eigenvalue weighted by Crippen LogP contribution is 2.29. The van der Waals surface area contributed by atoms with Crippen LogP contribution in [-0.4, -0.2) is 18.5 Å². The summed E-state index contributed by atoms with van der Waals surface area (Å²) in [6.45, 7) is 2.73. The van der Waals surface area contributed by atoms with Gasteiger partial charge in [0.05, 0.1) is 6.54 Å². The Morgan fingerprint density at radius 2 is 1.92 bits per heavy atom. The molecule has 1 aromatic heterocycles. The van der Waals surface area contributed by atoms with Crippen molar-refractivity contribution in [3.8, 4) is 0 Å². The summed E-state index contributed by atoms with van der Waals surface area (Å²) in [4.78, 5) is 14.0. The van der Waals surface area contributed by atoms with E-state index in [-0.39, 0.29) is 24.4 Å². The summed E-state index contributed by atoms with van der Waals surface area (Å²) in [6.07, 6.45) is 5.83. The van der Waals surface area contributed by atoms with E-state index >= 15 is 0 Å². The molecule has 1 fully saturated rings. The zero-order valence-electron chi connectivity index (χ0n) is 13.7. The zero-order valence-corrected chi connectivity index (χ0v) is 14.5. The Labute approximate surface area is 148 Å². The van der Waals surface area contributed by atoms with E-state index in [1.54, 1.807) is 0 Å². The number of hydrogen-bond acceptors (Lipinski definition) is 3. The number of aromatic nitrogens is 1. The number of aryl methyl sites for hydroxylation is 1. The first-order valence-electron chi connectivity index (χ1n) is 7.94. The van der Waals surface area contributed by atoms with Gasteiger partial charge in [-0.25, -0.2) is 4.57 Å². The number of carbonyl (C=O) groups excluding carboxylic acids is 1. The molecule has 5 nitrogen and oxygen atoms in total. The summed E-state index contributed by atoms with van der Waals surface area (Å²) in [5.41, 5.74) is 14.3. The second kappa shape index (κ2) is 7.53. The lowest BCUT2D eigenvalue weighted by Crippen LogP contribution is -3.00. The van der Waals surface area contributed by atoms with Gasteiger partial charge in [-0.2, -0.15) is 0 Å². The van der Waals surface area contributed by atoms with Gasteiger partial charge in [-0.3, -0.25) is 4.79 Å². The van der Waals surface area contributed by atoms with E-state index in [1.165, 1.54) is 0 Å². The van der Waals surface area contributed by atoms with Gasteiger partial charge >= 0.3 is 0 Å². The molecule has 1 saturated heterocycles. The smallest absolute Gasteiger partial charge is 0.240 e. The number of piperidine rings is 1. The number of carbonyl (C=O) groups is 1. The molecule has 1 amide bonds. The highest BCUT2D eigenvalue weighted by Gasteiger charge is 2.35. The van der Waals surface area contributed by atoms with Gasteiger partial charge in [-0.1, -0.05) is 6.07 Å². The van der Waals surface area contributed by atoms with Crippen molar-refractivity contribution in [1.29, 1.82) is 0 Å². The van der Waals surface area contributed by atoms with Crippen LogP contribution in [0.4, 0.5) is 11.4 Å². The van der Waals surface area contributed by atoms with Crippen LogP contribution in [0.1, 0.15) is 24.4 Å². The van der Waals surface area contributed by atoms with Crippen molar-refractivity contribution >= 4 is 17.3 Å². The number of hydrogen-bond donors (Lipinski definition) is 2. The SMILES string of the molecule is Cc1cc(N2CC([n+]3ccccc3)CCC2C(N)=O)ccc1N.[Cl-]. The van der Waals surface area contributed by atoms with Crippen LogP contribution in [-0.2, 0) is 4.79 Å². The van der Waals surface area contributed by atoms with Crippen LogP contribution in [0.3, 0.4) is 0 Å². The fourth-order valence-corrected chi connectivity index (χ4v) is 3.27. The van der Waals surface area contributed by atoms with Crippen molar-refractivity contribution in [2.45, 2.75) is 31.8 Å². The number of rotatable bonds is 3. The first kappa shape index (κ1) is 18.1. The van der Waals surface area contributed by atoms with Gasteiger partial charge in [0.1, 0.15) is 6.04 Å². The molecule has 4 N–H and O–H groups in total. The van der Waals surface area contributed by atoms with Gasteiger partial charge in [0.25, 0.3) is 0 Å². The van der Waals surface area contributed by atoms with Crippen LogP contribution in [0.25, 0.3) is 0 Å². The minimum atomic E-state index is -0.268. The molecular weight excluding hydrogens is 324 g/mol. The van der Waals surface area contributed by atoms with Crippen molar-refractivity contribution in [3.63, 3.8) is 0 Å². The van der Waals surface area contributed by atoms with E-state index in [0.29, 0.717) is 6.04 Å². The summed E-state index contributed by atoms with van der Waals surface area (Å²) in [7, 11) is 0. The van der Waals surface area contributed by atoms with Crippen molar-refractivity contribution in [2.75, 3.05) is 17.2 Å². The molecule has 0 spiro atoms. The first-order valence-corrected chi connectivity index (χ1v) is 7.94. The van der Waals surface area contributed by atoms with Gasteiger partial charge in [0, 0.05) is 29.9 Å². The van der Waals surface area contributed by atoms with Crippen molar-refractivity contribution in [1.82, 2.24) is 0 Å². The fourth-order valence-electron chi connectivity index (χ4n) is 3.27. The molecule has 2 atom stereocenters. The normalized spacial score (nSPS) is 20.3. The Kier molecular flexibility index (Phi) is 5.67. The van der Waals surface area contributed by atoms with Crippen LogP contribution in [0.15, 0.2) is 48.8 Å². The van der Waals surface area contributed by atoms with Gasteiger partial charge in [0.15, 0.2) is 18.4 Å². The summed E-state index contributed by atoms with van der Waals surface area (Å²) in [6, 6.07) is 12.0. The van der Waals surface area contributed by atoms with Gasteiger partial charge in [0.2, 0.25) is 5.91 Å². The molecule has 1 aliphatic heterocycles. The minimum Gasteiger partial charge on any atom is -1.00 e. The molecule has 0 aliphatic carbocycles. The number of primary amides is 1. The molecule has 2 heterocycles. The molecular formula is C18H23ClN4O. The number of pyridine rings is 1. The fraction of sp³-hybridized carbons (Fsp3) is 0.333. The standard InChI is InChI=1S/C18H22N4O.ClH/c1-13-11-14(5-7-16(13)19)22-12-15(6-8-17(22)18(20)23)21-9-3-2-4-10-21;/h2-5,7,9-11,15,17H,6,8,12,19H2,1H3,(H-,20,23);1H. The lowest BCUT2D eigenvalue weighted by molar-refractivity contribution is -0.722. The number of benzene rings is 1. The maximum Gasteiger partial charge on any atom is 0.240 e. The molecule has 6 heteroatoms. The predicted octanol–water partition coefficient (Wildman–Crippen LogP) is -1.44. The molecule has 24 heavy (non-hydrogen) atoms. The summed E-state index contributed by atoms with van der Waals surface area (Å²) in [5, 5.41) is 0. The quantitative estimate of drug-likeness (QED) is 0.528. The lowest BCUT2D eigenvalue weighted by atomic mass is 9.96. The Balaban J connectivity index is 0.00000208. The van der Waals surface area contributed by atoms with Gasteiger partial charge in [-0.05, 0) is 37.1 Å². The molecule has 0 saturated carbocycles. The van der Waals surface area contributed by atoms with E-state index in [4.69, 9.17) is 11.5 Å². The monoisotopic (exact) mass is 346 g/mol. The topological polar surface area (TPSA) is 76.2 Å². The number of amides is 1. The number of nitrogen functional groups attached to an aromatic ring is 1. The molecule has 2 unspecified atom stereocenters. The third-order valence-electron chi connectivity index (χ3n) is 4.63. The van der Waals surface area contributed by atoms with Gasteiger partial charge < -0.3 is 28.8 Å². The molecule has 0 bridgehead atoms. The van der Waals surface area contributed by atoms with Crippen LogP contribution in [0.2, 0.25) is 0 Å². The second-order valence-corrected chi connectivity index (χ2v) is 6.17. The van der Waals surface area contributed by atoms with Crippen LogP contribution >= 0.6 is 0 Å². The average molecular weight is 347 g/mol. The lowest BCUT2D eigenvalue weighted by Gasteiger charge is -2.37. The molecule has 3 rings (SSSR count). The highest BCUT2D eigenvalue weighted by atomic mass is 35.5. The maximum absolute atomic E-state index is 11.9. The van der Waals surface area contributed by atoms with Crippen molar-refractivity contribution < 1.29 is 21.8 Å². The number of nitrogens with two attached hydrogens (primary N) is 2.